The number of phenolic OH excluding ortho intramolecular Hbond substituents is 1. The minimum absolute atomic E-state index is 0.0339. The number of phenols is 1. The molecule has 0 amide bonds. The summed E-state index contributed by atoms with van der Waals surface area (Å²) >= 11 is 12.8. The van der Waals surface area contributed by atoms with Gasteiger partial charge >= 0.3 is 24.4 Å². The van der Waals surface area contributed by atoms with Gasteiger partial charge in [-0.1, -0.05) is 48.7 Å². The fourth-order valence-electron chi connectivity index (χ4n) is 6.30. The zero-order chi connectivity index (χ0) is 51.6. The predicted octanol–water partition coefficient (Wildman–Crippen LogP) is 12.8. The van der Waals surface area contributed by atoms with E-state index in [0.29, 0.717) is 55.9 Å². The molecule has 70 heavy (non-hydrogen) atoms. The molecule has 0 unspecified atom stereocenters. The fourth-order valence-corrected chi connectivity index (χ4v) is 6.70. The zero-order valence-corrected chi connectivity index (χ0v) is 40.7. The van der Waals surface area contributed by atoms with E-state index in [9.17, 15) is 41.0 Å². The minimum Gasteiger partial charge on any atom is -0.508 e. The Morgan fingerprint density at radius 3 is 1.33 bits per heavy atom. The van der Waals surface area contributed by atoms with Gasteiger partial charge in [0.1, 0.15) is 33.9 Å². The first-order chi connectivity index (χ1) is 32.9. The Morgan fingerprint density at radius 2 is 0.957 bits per heavy atom. The molecule has 0 aliphatic heterocycles. The van der Waals surface area contributed by atoms with Gasteiger partial charge in [-0.2, -0.15) is 46.3 Å². The fraction of sp³-hybridized carbons (Fsp3) is 0.360. The molecule has 0 spiro atoms. The van der Waals surface area contributed by atoms with Crippen LogP contribution in [0.1, 0.15) is 71.4 Å². The number of rotatable bonds is 18. The van der Waals surface area contributed by atoms with Gasteiger partial charge in [-0.05, 0) is 131 Å². The third-order valence-electron chi connectivity index (χ3n) is 11.2. The number of alkyl halides is 6. The minimum atomic E-state index is -4.62. The Morgan fingerprint density at radius 1 is 0.571 bits per heavy atom. The summed E-state index contributed by atoms with van der Waals surface area (Å²) in [5.41, 5.74) is -1.45. The largest absolute Gasteiger partial charge is 0.508 e. The summed E-state index contributed by atoms with van der Waals surface area (Å²) in [6.07, 6.45) is -7.60. The number of hydrogen-bond donors (Lipinski definition) is 1. The molecule has 0 radical (unpaired) electrons. The van der Waals surface area contributed by atoms with E-state index >= 15 is 0 Å². The number of hydrogen-bond acceptors (Lipinski definition) is 12. The number of carbonyl (C=O) groups is 2. The second kappa shape index (κ2) is 23.0. The topological polar surface area (TPSA) is 159 Å². The van der Waals surface area contributed by atoms with E-state index in [1.807, 2.05) is 24.3 Å². The van der Waals surface area contributed by atoms with Gasteiger partial charge in [0.25, 0.3) is 0 Å². The second-order valence-corrected chi connectivity index (χ2v) is 17.7. The van der Waals surface area contributed by atoms with Crippen molar-refractivity contribution in [2.24, 2.45) is 10.8 Å². The molecule has 0 aliphatic carbocycles. The Balaban J connectivity index is 0.000000262. The molecule has 1 N–H and O–H groups in total. The average Bonchev–Trinajstić information content (AvgIpc) is 3.32. The zero-order valence-electron chi connectivity index (χ0n) is 39.2. The quantitative estimate of drug-likeness (QED) is 0.0642. The van der Waals surface area contributed by atoms with Crippen LogP contribution < -0.4 is 14.2 Å². The monoisotopic (exact) mass is 1010 g/mol. The van der Waals surface area contributed by atoms with Gasteiger partial charge in [-0.15, -0.1) is 0 Å². The van der Waals surface area contributed by atoms with Crippen molar-refractivity contribution in [1.29, 1.82) is 0 Å². The maximum Gasteiger partial charge on any atom is 0.400 e. The van der Waals surface area contributed by atoms with Gasteiger partial charge in [-0.3, -0.25) is 9.59 Å². The third kappa shape index (κ3) is 13.7. The van der Waals surface area contributed by atoms with Crippen LogP contribution in [0, 0.1) is 10.8 Å². The van der Waals surface area contributed by atoms with Crippen LogP contribution in [0.3, 0.4) is 0 Å². The van der Waals surface area contributed by atoms with Crippen LogP contribution in [0.2, 0.25) is 10.0 Å². The molecular formula is C50H50Cl2F6N6O6. The highest BCUT2D eigenvalue weighted by molar-refractivity contribution is 6.33. The first kappa shape index (κ1) is 54.5. The van der Waals surface area contributed by atoms with Crippen molar-refractivity contribution in [1.82, 2.24) is 29.9 Å². The number of methoxy groups -OCH3 is 2. The van der Waals surface area contributed by atoms with E-state index in [2.05, 4.69) is 36.8 Å². The number of aromatic nitrogens is 6. The standard InChI is InChI=1S/C27H29ClF3N3O3.C23H21ClF3N3O3/c1-5-6-15-37-19-11-9-18(10-12-19)23-32-24(34-25(33-23)36-4)20-16-17(7-13-21(20)28)8-14-22(35)26(2,3)27(29,30)31;1-22(2,23(25,26)27)18(32)11-5-13-4-10-17(24)16(12-13)20-28-19(29-21(30-20)33-3)14-6-8-15(31)9-7-14/h7,9-13,16H,5-6,8,14-15H2,1-4H3;4,6-10,12,31H,5,11H2,1-3H3. The van der Waals surface area contributed by atoms with Crippen molar-refractivity contribution in [2.45, 2.75) is 85.5 Å². The molecule has 20 heteroatoms. The van der Waals surface area contributed by atoms with E-state index in [1.54, 1.807) is 48.5 Å². The first-order valence-corrected chi connectivity index (χ1v) is 22.5. The van der Waals surface area contributed by atoms with E-state index in [-0.39, 0.29) is 60.9 Å². The van der Waals surface area contributed by atoms with E-state index < -0.39 is 34.7 Å². The number of nitrogens with zero attached hydrogens (tertiary/aromatic N) is 6. The molecule has 0 saturated heterocycles. The number of ketones is 2. The third-order valence-corrected chi connectivity index (χ3v) is 11.9. The average molecular weight is 1020 g/mol. The van der Waals surface area contributed by atoms with E-state index in [1.165, 1.54) is 26.4 Å². The van der Waals surface area contributed by atoms with Crippen LogP contribution in [-0.4, -0.2) is 79.8 Å². The normalized spacial score (nSPS) is 11.9. The van der Waals surface area contributed by atoms with E-state index in [4.69, 9.17) is 37.4 Å². The first-order valence-electron chi connectivity index (χ1n) is 21.8. The molecule has 6 aromatic rings. The molecular weight excluding hydrogens is 965 g/mol. The summed E-state index contributed by atoms with van der Waals surface area (Å²) < 4.78 is 95.2. The lowest BCUT2D eigenvalue weighted by Crippen LogP contribution is -2.39. The van der Waals surface area contributed by atoms with Gasteiger partial charge in [-0.25, -0.2) is 9.97 Å². The molecule has 2 aromatic heterocycles. The molecule has 0 atom stereocenters. The highest BCUT2D eigenvalue weighted by atomic mass is 35.5. The molecule has 2 heterocycles. The molecule has 12 nitrogen and oxygen atoms in total. The number of carbonyl (C=O) groups excluding carboxylic acids is 2. The number of benzene rings is 4. The smallest absolute Gasteiger partial charge is 0.400 e. The lowest BCUT2D eigenvalue weighted by atomic mass is 9.84. The maximum atomic E-state index is 13.2. The summed E-state index contributed by atoms with van der Waals surface area (Å²) in [6, 6.07) is 23.4. The lowest BCUT2D eigenvalue weighted by Gasteiger charge is -2.26. The highest BCUT2D eigenvalue weighted by Gasteiger charge is 2.52. The van der Waals surface area contributed by atoms with Gasteiger partial charge in [0.15, 0.2) is 23.3 Å². The maximum absolute atomic E-state index is 13.2. The Labute approximate surface area is 410 Å². The number of unbranched alkanes of at least 4 members (excludes halogenated alkanes) is 1. The molecule has 6 rings (SSSR count). The summed E-state index contributed by atoms with van der Waals surface area (Å²) in [6.45, 7) is 6.27. The number of Topliss-reactive ketones (excluding diaryl/α,β-unsaturated/α-hetero) is 2. The molecule has 0 bridgehead atoms. The Bertz CT molecular complexity index is 2770. The highest BCUT2D eigenvalue weighted by Crippen LogP contribution is 2.41. The van der Waals surface area contributed by atoms with E-state index in [0.717, 1.165) is 46.3 Å². The summed E-state index contributed by atoms with van der Waals surface area (Å²) in [7, 11) is 2.82. The van der Waals surface area contributed by atoms with Crippen molar-refractivity contribution in [3.05, 3.63) is 106 Å². The van der Waals surface area contributed by atoms with Crippen LogP contribution in [0.5, 0.6) is 23.5 Å². The molecule has 372 valence electrons. The van der Waals surface area contributed by atoms with Gasteiger partial charge in [0, 0.05) is 35.1 Å². The van der Waals surface area contributed by atoms with Gasteiger partial charge < -0.3 is 19.3 Å². The van der Waals surface area contributed by atoms with Crippen LogP contribution in [0.4, 0.5) is 26.3 Å². The SMILES string of the molecule is CCCCOc1ccc(-c2nc(OC)nc(-c3cc(CCC(=O)C(C)(C)C(F)(F)F)ccc3Cl)n2)cc1.COc1nc(-c2ccc(O)cc2)nc(-c2cc(CCC(=O)C(C)(C)C(F)(F)F)ccc2Cl)n1. The predicted molar refractivity (Wildman–Crippen MR) is 253 cm³/mol. The number of ether oxygens (including phenoxy) is 3. The van der Waals surface area contributed by atoms with Crippen molar-refractivity contribution in [3.63, 3.8) is 0 Å². The van der Waals surface area contributed by atoms with Gasteiger partial charge in [0.2, 0.25) is 0 Å². The molecule has 4 aromatic carbocycles. The second-order valence-electron chi connectivity index (χ2n) is 16.9. The van der Waals surface area contributed by atoms with Crippen LogP contribution >= 0.6 is 23.2 Å². The van der Waals surface area contributed by atoms with Crippen molar-refractivity contribution in [2.75, 3.05) is 20.8 Å². The molecule has 0 fully saturated rings. The van der Waals surface area contributed by atoms with Crippen LogP contribution in [-0.2, 0) is 22.4 Å². The Kier molecular flexibility index (Phi) is 17.9. The Hall–Kier alpha value is -6.40. The van der Waals surface area contributed by atoms with Crippen LogP contribution in [0.25, 0.3) is 45.6 Å². The lowest BCUT2D eigenvalue weighted by molar-refractivity contribution is -0.211. The number of halogens is 8. The number of aromatic hydroxyl groups is 1. The van der Waals surface area contributed by atoms with Crippen molar-refractivity contribution < 1.29 is 55.2 Å². The summed E-state index contributed by atoms with van der Waals surface area (Å²) in [4.78, 5) is 50.6. The van der Waals surface area contributed by atoms with Crippen molar-refractivity contribution in [3.8, 4) is 69.1 Å². The summed E-state index contributed by atoms with van der Waals surface area (Å²) in [5, 5.41) is 10.2. The van der Waals surface area contributed by atoms with Crippen LogP contribution in [0.15, 0.2) is 84.9 Å². The molecule has 0 saturated carbocycles. The van der Waals surface area contributed by atoms with Gasteiger partial charge in [0.05, 0.1) is 30.9 Å². The molecule has 0 aliphatic rings. The van der Waals surface area contributed by atoms with Crippen molar-refractivity contribution >= 4 is 34.8 Å². The number of aryl methyl sites for hydroxylation is 2. The summed E-state index contributed by atoms with van der Waals surface area (Å²) in [5.74, 6) is 0.0886.